The number of nitrogens with one attached hydrogen (secondary N) is 1. The third-order valence-electron chi connectivity index (χ3n) is 3.20. The molecule has 0 spiro atoms. The first-order chi connectivity index (χ1) is 7.81. The van der Waals surface area contributed by atoms with Crippen LogP contribution in [0.2, 0.25) is 0 Å². The summed E-state index contributed by atoms with van der Waals surface area (Å²) in [6.07, 6.45) is 4.28. The molecule has 0 saturated carbocycles. The van der Waals surface area contributed by atoms with Gasteiger partial charge in [0.25, 0.3) is 0 Å². The molecule has 1 N–H and O–H groups in total. The molecule has 2 rings (SSSR count). The van der Waals surface area contributed by atoms with Gasteiger partial charge >= 0.3 is 0 Å². The molecule has 3 heteroatoms. The van der Waals surface area contributed by atoms with Gasteiger partial charge in [-0.15, -0.1) is 0 Å². The Kier molecular flexibility index (Phi) is 4.02. The molecule has 0 bridgehead atoms. The van der Waals surface area contributed by atoms with E-state index in [1.807, 2.05) is 13.2 Å². The van der Waals surface area contributed by atoms with Crippen molar-refractivity contribution in [3.63, 3.8) is 0 Å². The number of furan rings is 1. The Labute approximate surface area is 97.2 Å². The number of rotatable bonds is 4. The summed E-state index contributed by atoms with van der Waals surface area (Å²) < 4.78 is 11.0. The molecular weight excluding hydrogens is 202 g/mol. The zero-order valence-corrected chi connectivity index (χ0v) is 10.2. The van der Waals surface area contributed by atoms with Crippen LogP contribution in [0.4, 0.5) is 0 Å². The van der Waals surface area contributed by atoms with E-state index < -0.39 is 0 Å². The first-order valence-electron chi connectivity index (χ1n) is 6.17. The SMILES string of the molecule is CCNC(c1coc(C)c1)C1CCCOC1. The zero-order chi connectivity index (χ0) is 11.4. The van der Waals surface area contributed by atoms with Gasteiger partial charge in [0, 0.05) is 24.1 Å². The molecule has 0 aromatic carbocycles. The predicted octanol–water partition coefficient (Wildman–Crippen LogP) is 2.67. The van der Waals surface area contributed by atoms with Gasteiger partial charge in [0.15, 0.2) is 0 Å². The third kappa shape index (κ3) is 2.66. The summed E-state index contributed by atoms with van der Waals surface area (Å²) in [4.78, 5) is 0. The molecule has 2 unspecified atom stereocenters. The number of aryl methyl sites for hydroxylation is 1. The molecule has 3 nitrogen and oxygen atoms in total. The highest BCUT2D eigenvalue weighted by Gasteiger charge is 2.25. The van der Waals surface area contributed by atoms with Crippen LogP contribution in [0.5, 0.6) is 0 Å². The molecule has 2 atom stereocenters. The van der Waals surface area contributed by atoms with E-state index in [1.165, 1.54) is 18.4 Å². The summed E-state index contributed by atoms with van der Waals surface area (Å²) in [6, 6.07) is 2.50. The van der Waals surface area contributed by atoms with E-state index >= 15 is 0 Å². The summed E-state index contributed by atoms with van der Waals surface area (Å²) >= 11 is 0. The first-order valence-corrected chi connectivity index (χ1v) is 6.17. The van der Waals surface area contributed by atoms with Crippen molar-refractivity contribution < 1.29 is 9.15 Å². The van der Waals surface area contributed by atoms with Crippen LogP contribution in [0.25, 0.3) is 0 Å². The van der Waals surface area contributed by atoms with Crippen LogP contribution in [-0.4, -0.2) is 19.8 Å². The van der Waals surface area contributed by atoms with Crippen molar-refractivity contribution in [3.05, 3.63) is 23.7 Å². The average Bonchev–Trinajstić information content (AvgIpc) is 2.74. The lowest BCUT2D eigenvalue weighted by molar-refractivity contribution is 0.0392. The molecule has 0 radical (unpaired) electrons. The topological polar surface area (TPSA) is 34.4 Å². The summed E-state index contributed by atoms with van der Waals surface area (Å²) in [5.41, 5.74) is 1.26. The average molecular weight is 223 g/mol. The molecule has 1 aromatic heterocycles. The fraction of sp³-hybridized carbons (Fsp3) is 0.692. The fourth-order valence-corrected chi connectivity index (χ4v) is 2.43. The largest absolute Gasteiger partial charge is 0.469 e. The summed E-state index contributed by atoms with van der Waals surface area (Å²) in [7, 11) is 0. The highest BCUT2D eigenvalue weighted by molar-refractivity contribution is 5.17. The first kappa shape index (κ1) is 11.7. The highest BCUT2D eigenvalue weighted by Crippen LogP contribution is 2.29. The maximum atomic E-state index is 5.57. The van der Waals surface area contributed by atoms with Crippen molar-refractivity contribution in [3.8, 4) is 0 Å². The van der Waals surface area contributed by atoms with Crippen LogP contribution in [0.15, 0.2) is 16.7 Å². The van der Waals surface area contributed by atoms with E-state index in [-0.39, 0.29) is 0 Å². The van der Waals surface area contributed by atoms with Crippen molar-refractivity contribution in [2.75, 3.05) is 19.8 Å². The standard InChI is InChI=1S/C13H21NO2/c1-3-14-13(11-5-4-6-15-8-11)12-7-10(2)16-9-12/h7,9,11,13-14H,3-6,8H2,1-2H3. The molecule has 90 valence electrons. The van der Waals surface area contributed by atoms with Crippen LogP contribution < -0.4 is 5.32 Å². The number of hydrogen-bond donors (Lipinski definition) is 1. The predicted molar refractivity (Wildman–Crippen MR) is 63.4 cm³/mol. The van der Waals surface area contributed by atoms with Crippen molar-refractivity contribution in [1.29, 1.82) is 0 Å². The van der Waals surface area contributed by atoms with Crippen molar-refractivity contribution in [2.24, 2.45) is 5.92 Å². The Morgan fingerprint density at radius 1 is 1.56 bits per heavy atom. The van der Waals surface area contributed by atoms with E-state index in [1.54, 1.807) is 0 Å². The second-order valence-electron chi connectivity index (χ2n) is 4.50. The van der Waals surface area contributed by atoms with Gasteiger partial charge in [-0.3, -0.25) is 0 Å². The van der Waals surface area contributed by atoms with Crippen LogP contribution in [0, 0.1) is 12.8 Å². The van der Waals surface area contributed by atoms with E-state index in [0.29, 0.717) is 12.0 Å². The van der Waals surface area contributed by atoms with Crippen molar-refractivity contribution in [1.82, 2.24) is 5.32 Å². The maximum absolute atomic E-state index is 5.57. The molecule has 1 aromatic rings. The minimum atomic E-state index is 0.378. The van der Waals surface area contributed by atoms with Gasteiger partial charge in [0.1, 0.15) is 5.76 Å². The van der Waals surface area contributed by atoms with Gasteiger partial charge < -0.3 is 14.5 Å². The normalized spacial score (nSPS) is 23.2. The third-order valence-corrected chi connectivity index (χ3v) is 3.20. The molecule has 2 heterocycles. The second-order valence-corrected chi connectivity index (χ2v) is 4.50. The maximum Gasteiger partial charge on any atom is 0.101 e. The van der Waals surface area contributed by atoms with Crippen LogP contribution >= 0.6 is 0 Å². The lowest BCUT2D eigenvalue weighted by Gasteiger charge is -2.30. The van der Waals surface area contributed by atoms with Crippen LogP contribution in [-0.2, 0) is 4.74 Å². The van der Waals surface area contributed by atoms with Gasteiger partial charge in [-0.2, -0.15) is 0 Å². The van der Waals surface area contributed by atoms with Crippen LogP contribution in [0.1, 0.15) is 37.1 Å². The smallest absolute Gasteiger partial charge is 0.101 e. The van der Waals surface area contributed by atoms with Gasteiger partial charge in [-0.25, -0.2) is 0 Å². The van der Waals surface area contributed by atoms with E-state index in [0.717, 1.165) is 25.5 Å². The van der Waals surface area contributed by atoms with Gasteiger partial charge in [0.05, 0.1) is 12.9 Å². The number of hydrogen-bond acceptors (Lipinski definition) is 3. The Morgan fingerprint density at radius 3 is 3.00 bits per heavy atom. The highest BCUT2D eigenvalue weighted by atomic mass is 16.5. The van der Waals surface area contributed by atoms with Gasteiger partial charge in [0.2, 0.25) is 0 Å². The molecule has 0 amide bonds. The Bertz CT molecular complexity index is 315. The summed E-state index contributed by atoms with van der Waals surface area (Å²) in [6.45, 7) is 6.89. The Hall–Kier alpha value is -0.800. The summed E-state index contributed by atoms with van der Waals surface area (Å²) in [5, 5.41) is 3.54. The molecule has 1 fully saturated rings. The zero-order valence-electron chi connectivity index (χ0n) is 10.2. The fourth-order valence-electron chi connectivity index (χ4n) is 2.43. The quantitative estimate of drug-likeness (QED) is 0.852. The molecule has 1 aliphatic rings. The summed E-state index contributed by atoms with van der Waals surface area (Å²) in [5.74, 6) is 1.56. The molecule has 16 heavy (non-hydrogen) atoms. The van der Waals surface area contributed by atoms with E-state index in [9.17, 15) is 0 Å². The van der Waals surface area contributed by atoms with Gasteiger partial charge in [-0.1, -0.05) is 6.92 Å². The van der Waals surface area contributed by atoms with Crippen molar-refractivity contribution >= 4 is 0 Å². The second kappa shape index (κ2) is 5.51. The molecule has 1 aliphatic heterocycles. The lowest BCUT2D eigenvalue weighted by Crippen LogP contribution is -2.33. The van der Waals surface area contributed by atoms with E-state index in [2.05, 4.69) is 18.3 Å². The molecule has 0 aliphatic carbocycles. The minimum absolute atomic E-state index is 0.378. The Balaban J connectivity index is 2.09. The monoisotopic (exact) mass is 223 g/mol. The Morgan fingerprint density at radius 2 is 2.44 bits per heavy atom. The lowest BCUT2D eigenvalue weighted by atomic mass is 9.90. The minimum Gasteiger partial charge on any atom is -0.469 e. The van der Waals surface area contributed by atoms with Gasteiger partial charge in [-0.05, 0) is 32.4 Å². The molecule has 1 saturated heterocycles. The van der Waals surface area contributed by atoms with Crippen LogP contribution in [0.3, 0.4) is 0 Å². The number of ether oxygens (including phenoxy) is 1. The molecular formula is C13H21NO2. The van der Waals surface area contributed by atoms with Crippen molar-refractivity contribution in [2.45, 2.75) is 32.7 Å². The van der Waals surface area contributed by atoms with E-state index in [4.69, 9.17) is 9.15 Å².